The number of nitro benzene ring substituents is 1. The number of esters is 1. The zero-order chi connectivity index (χ0) is 12.1. The van der Waals surface area contributed by atoms with E-state index < -0.39 is 10.9 Å². The highest BCUT2D eigenvalue weighted by atomic mass is 16.6. The maximum Gasteiger partial charge on any atom is 0.338 e. The molecule has 0 aliphatic rings. The molecule has 0 atom stereocenters. The standard InChI is InChI=1S/C11H11NO4/c1-3-4-16-11(13)9-5-8(2)6-10(7-9)12(14)15/h3,5-7H,1,4H2,2H3. The van der Waals surface area contributed by atoms with Crippen LogP contribution in [0.5, 0.6) is 0 Å². The molecule has 0 fully saturated rings. The molecule has 0 aliphatic heterocycles. The lowest BCUT2D eigenvalue weighted by Crippen LogP contribution is -2.06. The van der Waals surface area contributed by atoms with Gasteiger partial charge < -0.3 is 4.74 Å². The van der Waals surface area contributed by atoms with Crippen LogP contribution < -0.4 is 0 Å². The SMILES string of the molecule is C=CCOC(=O)c1cc(C)cc([N+](=O)[O-])c1. The molecule has 0 unspecified atom stereocenters. The Bertz CT molecular complexity index is 440. The number of nitro groups is 1. The molecule has 1 aromatic rings. The van der Waals surface area contributed by atoms with Crippen LogP contribution in [0.25, 0.3) is 0 Å². The summed E-state index contributed by atoms with van der Waals surface area (Å²) in [6.07, 6.45) is 1.43. The molecule has 0 aliphatic carbocycles. The maximum absolute atomic E-state index is 11.4. The topological polar surface area (TPSA) is 69.4 Å². The molecular weight excluding hydrogens is 210 g/mol. The molecule has 0 bridgehead atoms. The van der Waals surface area contributed by atoms with Crippen molar-refractivity contribution in [1.82, 2.24) is 0 Å². The van der Waals surface area contributed by atoms with Crippen molar-refractivity contribution in [2.75, 3.05) is 6.61 Å². The van der Waals surface area contributed by atoms with Crippen LogP contribution in [-0.2, 0) is 4.74 Å². The molecular formula is C11H11NO4. The lowest BCUT2D eigenvalue weighted by Gasteiger charge is -2.03. The number of ether oxygens (including phenoxy) is 1. The smallest absolute Gasteiger partial charge is 0.338 e. The predicted molar refractivity (Wildman–Crippen MR) is 58.3 cm³/mol. The Morgan fingerprint density at radius 3 is 2.81 bits per heavy atom. The van der Waals surface area contributed by atoms with E-state index in [-0.39, 0.29) is 17.9 Å². The highest BCUT2D eigenvalue weighted by molar-refractivity contribution is 5.90. The Hall–Kier alpha value is -2.17. The summed E-state index contributed by atoms with van der Waals surface area (Å²) in [6, 6.07) is 4.13. The van der Waals surface area contributed by atoms with Crippen LogP contribution in [-0.4, -0.2) is 17.5 Å². The van der Waals surface area contributed by atoms with Crippen LogP contribution in [0.2, 0.25) is 0 Å². The minimum atomic E-state index is -0.591. The third-order valence-corrected chi connectivity index (χ3v) is 1.84. The Morgan fingerprint density at radius 1 is 1.56 bits per heavy atom. The van der Waals surface area contributed by atoms with Gasteiger partial charge in [0.25, 0.3) is 5.69 Å². The van der Waals surface area contributed by atoms with Gasteiger partial charge in [-0.25, -0.2) is 4.79 Å². The lowest BCUT2D eigenvalue weighted by atomic mass is 10.1. The molecule has 5 nitrogen and oxygen atoms in total. The normalized spacial score (nSPS) is 9.56. The fourth-order valence-corrected chi connectivity index (χ4v) is 1.20. The van der Waals surface area contributed by atoms with Crippen LogP contribution >= 0.6 is 0 Å². The van der Waals surface area contributed by atoms with Gasteiger partial charge in [0.05, 0.1) is 10.5 Å². The molecule has 0 saturated carbocycles. The zero-order valence-electron chi connectivity index (χ0n) is 8.80. The van der Waals surface area contributed by atoms with Crippen molar-refractivity contribution in [3.05, 3.63) is 52.1 Å². The van der Waals surface area contributed by atoms with E-state index >= 15 is 0 Å². The third kappa shape index (κ3) is 2.91. The first kappa shape index (κ1) is 11.9. The first-order valence-electron chi connectivity index (χ1n) is 4.58. The first-order valence-corrected chi connectivity index (χ1v) is 4.58. The summed E-state index contributed by atoms with van der Waals surface area (Å²) in [5.74, 6) is -0.591. The predicted octanol–water partition coefficient (Wildman–Crippen LogP) is 2.25. The second-order valence-corrected chi connectivity index (χ2v) is 3.20. The zero-order valence-corrected chi connectivity index (χ0v) is 8.80. The first-order chi connectivity index (χ1) is 7.54. The number of nitrogens with zero attached hydrogens (tertiary/aromatic N) is 1. The molecule has 0 saturated heterocycles. The minimum Gasteiger partial charge on any atom is -0.458 e. The number of hydrogen-bond acceptors (Lipinski definition) is 4. The van der Waals surface area contributed by atoms with Crippen molar-refractivity contribution in [3.63, 3.8) is 0 Å². The number of benzene rings is 1. The monoisotopic (exact) mass is 221 g/mol. The van der Waals surface area contributed by atoms with Crippen LogP contribution in [0, 0.1) is 17.0 Å². The van der Waals surface area contributed by atoms with E-state index in [0.717, 1.165) is 0 Å². The number of carbonyl (C=O) groups excluding carboxylic acids is 1. The summed E-state index contributed by atoms with van der Waals surface area (Å²) in [6.45, 7) is 5.17. The average molecular weight is 221 g/mol. The van der Waals surface area contributed by atoms with E-state index in [9.17, 15) is 14.9 Å². The molecule has 0 radical (unpaired) electrons. The molecule has 0 aromatic heterocycles. The second kappa shape index (κ2) is 5.06. The Kier molecular flexibility index (Phi) is 3.77. The third-order valence-electron chi connectivity index (χ3n) is 1.84. The van der Waals surface area contributed by atoms with Gasteiger partial charge in [0.15, 0.2) is 0 Å². The van der Waals surface area contributed by atoms with Crippen molar-refractivity contribution >= 4 is 11.7 Å². The minimum absolute atomic E-state index is 0.0839. The van der Waals surface area contributed by atoms with Gasteiger partial charge in [-0.1, -0.05) is 12.7 Å². The number of carbonyl (C=O) groups is 1. The van der Waals surface area contributed by atoms with Gasteiger partial charge in [0.1, 0.15) is 6.61 Å². The molecule has 0 heterocycles. The highest BCUT2D eigenvalue weighted by Crippen LogP contribution is 2.17. The van der Waals surface area contributed by atoms with Crippen molar-refractivity contribution in [3.8, 4) is 0 Å². The van der Waals surface area contributed by atoms with Crippen LogP contribution in [0.15, 0.2) is 30.9 Å². The Morgan fingerprint density at radius 2 is 2.25 bits per heavy atom. The molecule has 5 heteroatoms. The van der Waals surface area contributed by atoms with Gasteiger partial charge in [-0.15, -0.1) is 0 Å². The largest absolute Gasteiger partial charge is 0.458 e. The molecule has 16 heavy (non-hydrogen) atoms. The summed E-state index contributed by atoms with van der Waals surface area (Å²) < 4.78 is 4.79. The van der Waals surface area contributed by atoms with E-state index in [0.29, 0.717) is 5.56 Å². The fourth-order valence-electron chi connectivity index (χ4n) is 1.20. The van der Waals surface area contributed by atoms with E-state index in [1.54, 1.807) is 13.0 Å². The molecule has 1 rings (SSSR count). The lowest BCUT2D eigenvalue weighted by molar-refractivity contribution is -0.384. The highest BCUT2D eigenvalue weighted by Gasteiger charge is 2.13. The second-order valence-electron chi connectivity index (χ2n) is 3.20. The van der Waals surface area contributed by atoms with Crippen molar-refractivity contribution in [2.45, 2.75) is 6.92 Å². The number of non-ortho nitro benzene ring substituents is 1. The Balaban J connectivity index is 3.00. The van der Waals surface area contributed by atoms with E-state index in [2.05, 4.69) is 6.58 Å². The molecule has 0 amide bonds. The van der Waals surface area contributed by atoms with Crippen molar-refractivity contribution in [1.29, 1.82) is 0 Å². The summed E-state index contributed by atoms with van der Waals surface area (Å²) in [4.78, 5) is 21.5. The van der Waals surface area contributed by atoms with E-state index in [1.165, 1.54) is 18.2 Å². The van der Waals surface area contributed by atoms with E-state index in [1.807, 2.05) is 0 Å². The van der Waals surface area contributed by atoms with Gasteiger partial charge in [-0.05, 0) is 18.6 Å². The van der Waals surface area contributed by atoms with Gasteiger partial charge >= 0.3 is 5.97 Å². The number of hydrogen-bond donors (Lipinski definition) is 0. The van der Waals surface area contributed by atoms with Gasteiger partial charge in [-0.3, -0.25) is 10.1 Å². The molecule has 84 valence electrons. The Labute approximate surface area is 92.5 Å². The maximum atomic E-state index is 11.4. The molecule has 1 aromatic carbocycles. The summed E-state index contributed by atoms with van der Waals surface area (Å²) in [5, 5.41) is 10.6. The summed E-state index contributed by atoms with van der Waals surface area (Å²) >= 11 is 0. The van der Waals surface area contributed by atoms with Gasteiger partial charge in [0, 0.05) is 12.1 Å². The number of rotatable bonds is 4. The van der Waals surface area contributed by atoms with E-state index in [4.69, 9.17) is 4.74 Å². The molecule has 0 spiro atoms. The summed E-state index contributed by atoms with van der Waals surface area (Å²) in [7, 11) is 0. The van der Waals surface area contributed by atoms with Crippen molar-refractivity contribution in [2.24, 2.45) is 0 Å². The number of aryl methyl sites for hydroxylation is 1. The quantitative estimate of drug-likeness (QED) is 0.338. The van der Waals surface area contributed by atoms with Gasteiger partial charge in [0.2, 0.25) is 0 Å². The van der Waals surface area contributed by atoms with Crippen molar-refractivity contribution < 1.29 is 14.5 Å². The van der Waals surface area contributed by atoms with Crippen LogP contribution in [0.3, 0.4) is 0 Å². The fraction of sp³-hybridized carbons (Fsp3) is 0.182. The molecule has 0 N–H and O–H groups in total. The summed E-state index contributed by atoms with van der Waals surface area (Å²) in [5.41, 5.74) is 0.693. The average Bonchev–Trinajstić information content (AvgIpc) is 2.24. The van der Waals surface area contributed by atoms with Gasteiger partial charge in [-0.2, -0.15) is 0 Å². The van der Waals surface area contributed by atoms with Crippen LogP contribution in [0.1, 0.15) is 15.9 Å². The van der Waals surface area contributed by atoms with Crippen LogP contribution in [0.4, 0.5) is 5.69 Å².